The standard InChI is InChI=1S/C17H18ClN3O5S/c1-2-3-12-4-6-13(7-5-12)20-17(22)11-19-27(25,26)14-8-9-15(18)16(10-14)21(23)24/h4-10,19H,2-3,11H2,1H3,(H,20,22). The molecule has 0 heterocycles. The fraction of sp³-hybridized carbons (Fsp3) is 0.235. The number of nitrogens with zero attached hydrogens (tertiary/aromatic N) is 1. The van der Waals surface area contributed by atoms with E-state index >= 15 is 0 Å². The average Bonchev–Trinajstić information content (AvgIpc) is 2.62. The summed E-state index contributed by atoms with van der Waals surface area (Å²) in [5.41, 5.74) is 1.15. The normalized spacial score (nSPS) is 11.2. The van der Waals surface area contributed by atoms with E-state index in [0.29, 0.717) is 5.69 Å². The van der Waals surface area contributed by atoms with Crippen LogP contribution in [0.4, 0.5) is 11.4 Å². The van der Waals surface area contributed by atoms with Gasteiger partial charge in [-0.3, -0.25) is 14.9 Å². The second-order valence-corrected chi connectivity index (χ2v) is 7.86. The summed E-state index contributed by atoms with van der Waals surface area (Å²) in [5, 5.41) is 13.3. The topological polar surface area (TPSA) is 118 Å². The van der Waals surface area contributed by atoms with Crippen LogP contribution >= 0.6 is 11.6 Å². The fourth-order valence-electron chi connectivity index (χ4n) is 2.29. The summed E-state index contributed by atoms with van der Waals surface area (Å²) < 4.78 is 26.6. The van der Waals surface area contributed by atoms with E-state index in [1.807, 2.05) is 12.1 Å². The van der Waals surface area contributed by atoms with Gasteiger partial charge in [0, 0.05) is 11.8 Å². The molecule has 0 saturated heterocycles. The molecule has 0 atom stereocenters. The van der Waals surface area contributed by atoms with E-state index in [-0.39, 0.29) is 9.92 Å². The Bertz CT molecular complexity index is 946. The number of nitro groups is 1. The van der Waals surface area contributed by atoms with Gasteiger partial charge in [-0.25, -0.2) is 13.1 Å². The van der Waals surface area contributed by atoms with Crippen molar-refractivity contribution in [2.75, 3.05) is 11.9 Å². The molecule has 0 unspecified atom stereocenters. The Balaban J connectivity index is 2.01. The fourth-order valence-corrected chi connectivity index (χ4v) is 3.48. The summed E-state index contributed by atoms with van der Waals surface area (Å²) in [7, 11) is -4.11. The number of nitrogens with one attached hydrogen (secondary N) is 2. The molecular weight excluding hydrogens is 394 g/mol. The minimum Gasteiger partial charge on any atom is -0.325 e. The third-order valence-electron chi connectivity index (χ3n) is 3.62. The van der Waals surface area contributed by atoms with Gasteiger partial charge in [0.05, 0.1) is 16.4 Å². The van der Waals surface area contributed by atoms with Crippen LogP contribution in [0.2, 0.25) is 5.02 Å². The molecule has 144 valence electrons. The van der Waals surface area contributed by atoms with Crippen LogP contribution in [0.3, 0.4) is 0 Å². The molecule has 2 aromatic rings. The van der Waals surface area contributed by atoms with Crippen molar-refractivity contribution >= 4 is 38.9 Å². The predicted molar refractivity (Wildman–Crippen MR) is 102 cm³/mol. The highest BCUT2D eigenvalue weighted by Crippen LogP contribution is 2.26. The zero-order valence-corrected chi connectivity index (χ0v) is 16.0. The monoisotopic (exact) mass is 411 g/mol. The van der Waals surface area contributed by atoms with Crippen LogP contribution in [0.1, 0.15) is 18.9 Å². The summed E-state index contributed by atoms with van der Waals surface area (Å²) in [5.74, 6) is -0.565. The average molecular weight is 412 g/mol. The zero-order chi connectivity index (χ0) is 20.0. The number of hydrogen-bond donors (Lipinski definition) is 2. The molecular formula is C17H18ClN3O5S. The van der Waals surface area contributed by atoms with Gasteiger partial charge in [0.1, 0.15) is 5.02 Å². The third kappa shape index (κ3) is 5.75. The number of halogens is 1. The number of benzene rings is 2. The third-order valence-corrected chi connectivity index (χ3v) is 5.34. The number of carbonyl (C=O) groups excluding carboxylic acids is 1. The molecule has 2 rings (SSSR count). The van der Waals surface area contributed by atoms with Gasteiger partial charge in [-0.15, -0.1) is 0 Å². The Labute approximate surface area is 161 Å². The van der Waals surface area contributed by atoms with Gasteiger partial charge >= 0.3 is 0 Å². The summed E-state index contributed by atoms with van der Waals surface area (Å²) in [6, 6.07) is 10.3. The van der Waals surface area contributed by atoms with Gasteiger partial charge in [0.25, 0.3) is 5.69 Å². The molecule has 0 aliphatic carbocycles. The number of sulfonamides is 1. The van der Waals surface area contributed by atoms with E-state index in [9.17, 15) is 23.3 Å². The lowest BCUT2D eigenvalue weighted by Crippen LogP contribution is -2.32. The molecule has 2 N–H and O–H groups in total. The van der Waals surface area contributed by atoms with E-state index < -0.39 is 33.1 Å². The van der Waals surface area contributed by atoms with Gasteiger partial charge in [-0.2, -0.15) is 0 Å². The van der Waals surface area contributed by atoms with Crippen molar-refractivity contribution < 1.29 is 18.1 Å². The van der Waals surface area contributed by atoms with Gasteiger partial charge in [0.2, 0.25) is 15.9 Å². The first-order valence-electron chi connectivity index (χ1n) is 8.05. The van der Waals surface area contributed by atoms with Crippen LogP contribution in [-0.4, -0.2) is 25.8 Å². The Kier molecular flexibility index (Phi) is 6.89. The molecule has 10 heteroatoms. The predicted octanol–water partition coefficient (Wildman–Crippen LogP) is 3.12. The number of aryl methyl sites for hydroxylation is 1. The molecule has 0 aliphatic heterocycles. The first-order valence-corrected chi connectivity index (χ1v) is 9.91. The van der Waals surface area contributed by atoms with Crippen molar-refractivity contribution in [2.24, 2.45) is 0 Å². The Morgan fingerprint density at radius 2 is 1.85 bits per heavy atom. The summed E-state index contributed by atoms with van der Waals surface area (Å²) >= 11 is 5.67. The van der Waals surface area contributed by atoms with Crippen LogP contribution in [0.15, 0.2) is 47.4 Å². The molecule has 0 radical (unpaired) electrons. The number of nitro benzene ring substituents is 1. The smallest absolute Gasteiger partial charge is 0.289 e. The van der Waals surface area contributed by atoms with E-state index in [1.54, 1.807) is 12.1 Å². The maximum Gasteiger partial charge on any atom is 0.289 e. The molecule has 1 amide bonds. The lowest BCUT2D eigenvalue weighted by atomic mass is 10.1. The highest BCUT2D eigenvalue weighted by atomic mass is 35.5. The van der Waals surface area contributed by atoms with Gasteiger partial charge in [-0.1, -0.05) is 37.1 Å². The van der Waals surface area contributed by atoms with Crippen molar-refractivity contribution in [1.82, 2.24) is 4.72 Å². The molecule has 0 fully saturated rings. The van der Waals surface area contributed by atoms with E-state index in [0.717, 1.165) is 36.6 Å². The van der Waals surface area contributed by atoms with Crippen LogP contribution in [0.25, 0.3) is 0 Å². The van der Waals surface area contributed by atoms with E-state index in [4.69, 9.17) is 11.6 Å². The molecule has 0 aliphatic rings. The first kappa shape index (κ1) is 20.8. The van der Waals surface area contributed by atoms with Crippen LogP contribution < -0.4 is 10.0 Å². The Morgan fingerprint density at radius 3 is 2.44 bits per heavy atom. The second-order valence-electron chi connectivity index (χ2n) is 5.69. The lowest BCUT2D eigenvalue weighted by molar-refractivity contribution is -0.384. The summed E-state index contributed by atoms with van der Waals surface area (Å²) in [4.78, 5) is 21.7. The van der Waals surface area contributed by atoms with Crippen molar-refractivity contribution in [1.29, 1.82) is 0 Å². The molecule has 0 spiro atoms. The Morgan fingerprint density at radius 1 is 1.19 bits per heavy atom. The van der Waals surface area contributed by atoms with Crippen LogP contribution in [0, 0.1) is 10.1 Å². The Hall–Kier alpha value is -2.49. The zero-order valence-electron chi connectivity index (χ0n) is 14.4. The van der Waals surface area contributed by atoms with Gasteiger partial charge < -0.3 is 5.32 Å². The van der Waals surface area contributed by atoms with E-state index in [2.05, 4.69) is 17.0 Å². The quantitative estimate of drug-likeness (QED) is 0.511. The number of hydrogen-bond acceptors (Lipinski definition) is 5. The highest BCUT2D eigenvalue weighted by molar-refractivity contribution is 7.89. The number of carbonyl (C=O) groups is 1. The number of amides is 1. The van der Waals surface area contributed by atoms with E-state index in [1.165, 1.54) is 0 Å². The molecule has 0 aromatic heterocycles. The highest BCUT2D eigenvalue weighted by Gasteiger charge is 2.21. The molecule has 0 bridgehead atoms. The molecule has 0 saturated carbocycles. The maximum atomic E-state index is 12.2. The van der Waals surface area contributed by atoms with Crippen molar-refractivity contribution in [3.8, 4) is 0 Å². The number of anilines is 1. The first-order chi connectivity index (χ1) is 12.7. The maximum absolute atomic E-state index is 12.2. The largest absolute Gasteiger partial charge is 0.325 e. The van der Waals surface area contributed by atoms with Gasteiger partial charge in [0.15, 0.2) is 0 Å². The summed E-state index contributed by atoms with van der Waals surface area (Å²) in [6.07, 6.45) is 1.94. The lowest BCUT2D eigenvalue weighted by Gasteiger charge is -2.09. The van der Waals surface area contributed by atoms with Crippen molar-refractivity contribution in [2.45, 2.75) is 24.7 Å². The molecule has 2 aromatic carbocycles. The summed E-state index contributed by atoms with van der Waals surface area (Å²) in [6.45, 7) is 1.55. The molecule has 27 heavy (non-hydrogen) atoms. The van der Waals surface area contributed by atoms with Crippen molar-refractivity contribution in [3.63, 3.8) is 0 Å². The second kappa shape index (κ2) is 8.94. The van der Waals surface area contributed by atoms with Crippen LogP contribution in [0.5, 0.6) is 0 Å². The number of rotatable bonds is 8. The van der Waals surface area contributed by atoms with Crippen molar-refractivity contribution in [3.05, 3.63) is 63.2 Å². The minimum absolute atomic E-state index is 0.178. The SMILES string of the molecule is CCCc1ccc(NC(=O)CNS(=O)(=O)c2ccc(Cl)c([N+](=O)[O-])c2)cc1. The van der Waals surface area contributed by atoms with Gasteiger partial charge in [-0.05, 0) is 36.2 Å². The molecule has 8 nitrogen and oxygen atoms in total. The minimum atomic E-state index is -4.11. The van der Waals surface area contributed by atoms with Crippen LogP contribution in [-0.2, 0) is 21.2 Å².